The molecule has 0 unspecified atom stereocenters. The number of rotatable bonds is 4. The predicted octanol–water partition coefficient (Wildman–Crippen LogP) is 0.670. The minimum Gasteiger partial charge on any atom is -0.383 e. The highest BCUT2D eigenvalue weighted by molar-refractivity contribution is 5.94. The number of aryl methyl sites for hydroxylation is 1. The van der Waals surface area contributed by atoms with Crippen LogP contribution in [0.5, 0.6) is 0 Å². The van der Waals surface area contributed by atoms with Gasteiger partial charge >= 0.3 is 6.03 Å². The van der Waals surface area contributed by atoms with E-state index in [0.717, 1.165) is 5.56 Å². The number of hydrogen-bond acceptors (Lipinski definition) is 4. The number of anilines is 1. The number of carbonyl (C=O) groups excluding carboxylic acids is 2. The second-order valence-corrected chi connectivity index (χ2v) is 4.61. The van der Waals surface area contributed by atoms with Gasteiger partial charge in [0.05, 0.1) is 13.3 Å². The molecule has 7 heteroatoms. The van der Waals surface area contributed by atoms with E-state index in [-0.39, 0.29) is 25.2 Å². The molecule has 0 radical (unpaired) electrons. The molecule has 1 N–H and O–H groups in total. The first kappa shape index (κ1) is 14.3. The fourth-order valence-electron chi connectivity index (χ4n) is 1.94. The van der Waals surface area contributed by atoms with Crippen molar-refractivity contribution in [2.24, 2.45) is 0 Å². The van der Waals surface area contributed by atoms with E-state index >= 15 is 0 Å². The molecular weight excluding hydrogens is 260 g/mol. The first-order valence-electron chi connectivity index (χ1n) is 6.35. The van der Waals surface area contributed by atoms with Crippen LogP contribution < -0.4 is 5.32 Å². The highest BCUT2D eigenvalue weighted by Gasteiger charge is 2.30. The molecule has 1 aliphatic rings. The van der Waals surface area contributed by atoms with Crippen LogP contribution in [0.15, 0.2) is 18.5 Å². The van der Waals surface area contributed by atoms with Gasteiger partial charge in [0.2, 0.25) is 5.91 Å². The van der Waals surface area contributed by atoms with Gasteiger partial charge in [0.15, 0.2) is 0 Å². The van der Waals surface area contributed by atoms with Crippen molar-refractivity contribution >= 4 is 17.6 Å². The average molecular weight is 278 g/mol. The van der Waals surface area contributed by atoms with Crippen LogP contribution in [-0.4, -0.2) is 60.2 Å². The van der Waals surface area contributed by atoms with Crippen molar-refractivity contribution in [3.63, 3.8) is 0 Å². The molecule has 0 aromatic carbocycles. The summed E-state index contributed by atoms with van der Waals surface area (Å²) in [6.45, 7) is 3.21. The quantitative estimate of drug-likeness (QED) is 0.878. The lowest BCUT2D eigenvalue weighted by molar-refractivity contribution is -0.127. The number of amides is 3. The minimum atomic E-state index is -0.285. The van der Waals surface area contributed by atoms with Crippen molar-refractivity contribution in [2.45, 2.75) is 6.92 Å². The fourth-order valence-corrected chi connectivity index (χ4v) is 1.94. The molecule has 108 valence electrons. The van der Waals surface area contributed by atoms with Gasteiger partial charge in [0.1, 0.15) is 6.54 Å². The van der Waals surface area contributed by atoms with Gasteiger partial charge in [-0.15, -0.1) is 0 Å². The van der Waals surface area contributed by atoms with Crippen molar-refractivity contribution in [3.8, 4) is 0 Å². The molecule has 3 amide bonds. The number of methoxy groups -OCH3 is 1. The largest absolute Gasteiger partial charge is 0.383 e. The third-order valence-corrected chi connectivity index (χ3v) is 3.13. The Balaban J connectivity index is 1.94. The molecule has 0 saturated carbocycles. The van der Waals surface area contributed by atoms with Gasteiger partial charge in [-0.3, -0.25) is 14.7 Å². The van der Waals surface area contributed by atoms with Crippen molar-refractivity contribution in [1.29, 1.82) is 0 Å². The van der Waals surface area contributed by atoms with E-state index in [1.54, 1.807) is 30.5 Å². The van der Waals surface area contributed by atoms with E-state index in [9.17, 15) is 9.59 Å². The van der Waals surface area contributed by atoms with Gasteiger partial charge in [-0.05, 0) is 18.6 Å². The van der Waals surface area contributed by atoms with E-state index < -0.39 is 0 Å². The molecule has 1 aliphatic heterocycles. The van der Waals surface area contributed by atoms with Crippen molar-refractivity contribution in [2.75, 3.05) is 38.8 Å². The minimum absolute atomic E-state index is 0.0661. The monoisotopic (exact) mass is 278 g/mol. The summed E-state index contributed by atoms with van der Waals surface area (Å²) in [5.74, 6) is -0.0661. The zero-order valence-corrected chi connectivity index (χ0v) is 11.6. The normalized spacial score (nSPS) is 14.8. The van der Waals surface area contributed by atoms with Crippen LogP contribution in [0.3, 0.4) is 0 Å². The van der Waals surface area contributed by atoms with Crippen molar-refractivity contribution < 1.29 is 14.3 Å². The summed E-state index contributed by atoms with van der Waals surface area (Å²) in [6, 6.07) is 1.45. The van der Waals surface area contributed by atoms with Crippen molar-refractivity contribution in [1.82, 2.24) is 14.8 Å². The van der Waals surface area contributed by atoms with Gasteiger partial charge in [-0.25, -0.2) is 4.79 Å². The maximum absolute atomic E-state index is 12.1. The Morgan fingerprint density at radius 3 is 3.05 bits per heavy atom. The third kappa shape index (κ3) is 3.24. The molecule has 2 heterocycles. The highest BCUT2D eigenvalue weighted by atomic mass is 16.5. The standard InChI is InChI=1S/C13H18N4O3/c1-10-7-14-4-3-11(10)15-13(19)17-8-12(18)16(9-17)5-6-20-2/h3-4,7H,5-6,8-9H2,1-2H3,(H,14,15,19). The number of aromatic nitrogens is 1. The highest BCUT2D eigenvalue weighted by Crippen LogP contribution is 2.14. The molecule has 1 fully saturated rings. The van der Waals surface area contributed by atoms with Gasteiger partial charge < -0.3 is 15.0 Å². The summed E-state index contributed by atoms with van der Waals surface area (Å²) < 4.78 is 4.94. The lowest BCUT2D eigenvalue weighted by Gasteiger charge is -2.18. The molecule has 0 bridgehead atoms. The van der Waals surface area contributed by atoms with Crippen LogP contribution in [-0.2, 0) is 9.53 Å². The van der Waals surface area contributed by atoms with Crippen LogP contribution in [0.1, 0.15) is 5.56 Å². The number of pyridine rings is 1. The molecule has 1 aromatic rings. The number of ether oxygens (including phenoxy) is 1. The fraction of sp³-hybridized carbons (Fsp3) is 0.462. The number of hydrogen-bond donors (Lipinski definition) is 1. The summed E-state index contributed by atoms with van der Waals surface area (Å²) >= 11 is 0. The smallest absolute Gasteiger partial charge is 0.323 e. The first-order valence-corrected chi connectivity index (χ1v) is 6.35. The second-order valence-electron chi connectivity index (χ2n) is 4.61. The van der Waals surface area contributed by atoms with E-state index in [1.165, 1.54) is 4.90 Å². The SMILES string of the molecule is COCCN1CN(C(=O)Nc2ccncc2C)CC1=O. The topological polar surface area (TPSA) is 74.8 Å². The van der Waals surface area contributed by atoms with E-state index in [1.807, 2.05) is 6.92 Å². The zero-order chi connectivity index (χ0) is 14.5. The van der Waals surface area contributed by atoms with Crippen LogP contribution in [0.25, 0.3) is 0 Å². The second kappa shape index (κ2) is 6.33. The van der Waals surface area contributed by atoms with E-state index in [4.69, 9.17) is 4.74 Å². The summed E-state index contributed by atoms with van der Waals surface area (Å²) in [4.78, 5) is 30.9. The van der Waals surface area contributed by atoms with Gasteiger partial charge in [-0.1, -0.05) is 0 Å². The Bertz CT molecular complexity index is 506. The molecular formula is C13H18N4O3. The lowest BCUT2D eigenvalue weighted by Crippen LogP contribution is -2.35. The summed E-state index contributed by atoms with van der Waals surface area (Å²) in [5, 5.41) is 2.79. The summed E-state index contributed by atoms with van der Waals surface area (Å²) in [6.07, 6.45) is 3.29. The Morgan fingerprint density at radius 2 is 2.35 bits per heavy atom. The maximum Gasteiger partial charge on any atom is 0.323 e. The van der Waals surface area contributed by atoms with Crippen LogP contribution in [0.2, 0.25) is 0 Å². The molecule has 0 spiro atoms. The molecule has 2 rings (SSSR count). The maximum atomic E-state index is 12.1. The Morgan fingerprint density at radius 1 is 1.55 bits per heavy atom. The van der Waals surface area contributed by atoms with E-state index in [2.05, 4.69) is 10.3 Å². The van der Waals surface area contributed by atoms with Crippen LogP contribution >= 0.6 is 0 Å². The molecule has 0 atom stereocenters. The predicted molar refractivity (Wildman–Crippen MR) is 73.2 cm³/mol. The summed E-state index contributed by atoms with van der Waals surface area (Å²) in [5.41, 5.74) is 1.58. The molecule has 1 saturated heterocycles. The Labute approximate surface area is 117 Å². The Hall–Kier alpha value is -2.15. The molecule has 7 nitrogen and oxygen atoms in total. The lowest BCUT2D eigenvalue weighted by atomic mass is 10.2. The van der Waals surface area contributed by atoms with Crippen LogP contribution in [0.4, 0.5) is 10.5 Å². The average Bonchev–Trinajstić information content (AvgIpc) is 2.80. The summed E-state index contributed by atoms with van der Waals surface area (Å²) in [7, 11) is 1.58. The number of nitrogens with one attached hydrogen (secondary N) is 1. The van der Waals surface area contributed by atoms with Crippen molar-refractivity contribution in [3.05, 3.63) is 24.0 Å². The van der Waals surface area contributed by atoms with Gasteiger partial charge in [0, 0.05) is 31.7 Å². The number of nitrogens with zero attached hydrogens (tertiary/aromatic N) is 3. The third-order valence-electron chi connectivity index (χ3n) is 3.13. The zero-order valence-electron chi connectivity index (χ0n) is 11.6. The molecule has 0 aliphatic carbocycles. The van der Waals surface area contributed by atoms with Gasteiger partial charge in [-0.2, -0.15) is 0 Å². The molecule has 20 heavy (non-hydrogen) atoms. The Kier molecular flexibility index (Phi) is 4.52. The number of urea groups is 1. The molecule has 1 aromatic heterocycles. The first-order chi connectivity index (χ1) is 9.61. The van der Waals surface area contributed by atoms with Gasteiger partial charge in [0.25, 0.3) is 0 Å². The van der Waals surface area contributed by atoms with Crippen LogP contribution in [0, 0.1) is 6.92 Å². The van der Waals surface area contributed by atoms with E-state index in [0.29, 0.717) is 18.8 Å². The number of carbonyl (C=O) groups is 2.